The first kappa shape index (κ1) is 51.5. The van der Waals surface area contributed by atoms with Gasteiger partial charge in [-0.25, -0.2) is 5.01 Å². The Morgan fingerprint density at radius 2 is 1.38 bits per heavy atom. The number of amides is 6. The molecule has 65 heavy (non-hydrogen) atoms. The lowest BCUT2D eigenvalue weighted by molar-refractivity contribution is -0.384. The number of unbranched alkanes of at least 4 members (excludes halogenated alkanes) is 3. The smallest absolute Gasteiger partial charge is 0.270 e. The SMILES string of the molecule is CC(=O)N[C@@H](CCCCN)C(=O)NCCN(CC(=O)N[C@@H](CCCCN)C(=O)N[C@@H](CCCCN)C(=O)NCC(N)=O)N1c2ccccc2C(C)(C)C12C=Cc1cc([N+](=O)[O-])ccc1O2. The molecule has 2 aromatic carbocycles. The fourth-order valence-electron chi connectivity index (χ4n) is 8.10. The van der Waals surface area contributed by atoms with E-state index in [0.717, 1.165) is 5.56 Å². The number of nitro groups is 1. The van der Waals surface area contributed by atoms with Crippen LogP contribution in [0.1, 0.15) is 89.7 Å². The van der Waals surface area contributed by atoms with Gasteiger partial charge in [-0.2, -0.15) is 0 Å². The van der Waals surface area contributed by atoms with Crippen molar-refractivity contribution < 1.29 is 38.4 Å². The summed E-state index contributed by atoms with van der Waals surface area (Å²) in [5.74, 6) is -3.05. The summed E-state index contributed by atoms with van der Waals surface area (Å²) in [7, 11) is 0. The average Bonchev–Trinajstić information content (AvgIpc) is 3.44. The molecule has 6 amide bonds. The summed E-state index contributed by atoms with van der Waals surface area (Å²) in [6, 6.07) is 8.84. The molecular weight excluding hydrogens is 841 g/mol. The number of hydrogen-bond donors (Lipinski definition) is 9. The number of nitro benzene ring substituents is 1. The fraction of sp³-hybridized carbons (Fsp3) is 0.545. The normalized spacial score (nSPS) is 16.9. The van der Waals surface area contributed by atoms with E-state index in [2.05, 4.69) is 26.6 Å². The van der Waals surface area contributed by atoms with Crippen molar-refractivity contribution >= 4 is 52.9 Å². The Hall–Kier alpha value is -6.16. The molecule has 2 aliphatic rings. The number of nitrogens with two attached hydrogens (primary N) is 4. The average molecular weight is 907 g/mol. The maximum Gasteiger partial charge on any atom is 0.270 e. The highest BCUT2D eigenvalue weighted by atomic mass is 16.6. The number of hydrogen-bond acceptors (Lipinski definition) is 14. The van der Waals surface area contributed by atoms with Crippen LogP contribution in [0.3, 0.4) is 0 Å². The largest absolute Gasteiger partial charge is 0.461 e. The Bertz CT molecular complexity index is 2050. The van der Waals surface area contributed by atoms with E-state index in [1.807, 2.05) is 43.1 Å². The molecular formula is C44H66N12O9. The molecule has 0 aromatic heterocycles. The molecule has 1 spiro atoms. The molecule has 1 unspecified atom stereocenters. The highest BCUT2D eigenvalue weighted by molar-refractivity contribution is 5.93. The van der Waals surface area contributed by atoms with Gasteiger partial charge in [-0.1, -0.05) is 18.2 Å². The molecule has 0 aliphatic carbocycles. The van der Waals surface area contributed by atoms with Crippen LogP contribution in [0.25, 0.3) is 6.08 Å². The summed E-state index contributed by atoms with van der Waals surface area (Å²) in [5.41, 5.74) is 22.1. The van der Waals surface area contributed by atoms with Crippen LogP contribution in [0.5, 0.6) is 5.75 Å². The predicted molar refractivity (Wildman–Crippen MR) is 244 cm³/mol. The number of hydrazine groups is 1. The maximum absolute atomic E-state index is 14.5. The van der Waals surface area contributed by atoms with Gasteiger partial charge in [-0.15, -0.1) is 0 Å². The number of para-hydroxylation sites is 1. The van der Waals surface area contributed by atoms with Crippen LogP contribution in [-0.4, -0.2) is 115 Å². The van der Waals surface area contributed by atoms with Crippen molar-refractivity contribution in [2.75, 3.05) is 50.8 Å². The first-order valence-electron chi connectivity index (χ1n) is 22.1. The van der Waals surface area contributed by atoms with Gasteiger partial charge in [-0.3, -0.25) is 43.9 Å². The Labute approximate surface area is 379 Å². The van der Waals surface area contributed by atoms with Crippen molar-refractivity contribution in [2.24, 2.45) is 22.9 Å². The zero-order valence-corrected chi connectivity index (χ0v) is 37.6. The van der Waals surface area contributed by atoms with E-state index in [4.69, 9.17) is 27.7 Å². The van der Waals surface area contributed by atoms with Crippen molar-refractivity contribution in [2.45, 2.75) is 108 Å². The third-order valence-corrected chi connectivity index (χ3v) is 11.5. The van der Waals surface area contributed by atoms with Gasteiger partial charge in [0.2, 0.25) is 41.2 Å². The molecule has 2 aliphatic heterocycles. The van der Waals surface area contributed by atoms with Crippen molar-refractivity contribution in [3.63, 3.8) is 0 Å². The highest BCUT2D eigenvalue weighted by Gasteiger charge is 2.61. The molecule has 21 heteroatoms. The van der Waals surface area contributed by atoms with E-state index in [9.17, 15) is 38.9 Å². The third-order valence-electron chi connectivity index (χ3n) is 11.5. The summed E-state index contributed by atoms with van der Waals surface area (Å²) < 4.78 is 6.93. The molecule has 0 radical (unpaired) electrons. The van der Waals surface area contributed by atoms with Gasteiger partial charge >= 0.3 is 0 Å². The van der Waals surface area contributed by atoms with E-state index in [1.54, 1.807) is 17.2 Å². The van der Waals surface area contributed by atoms with Gasteiger partial charge in [0.25, 0.3) is 5.69 Å². The minimum absolute atomic E-state index is 0.00787. The van der Waals surface area contributed by atoms with E-state index in [1.165, 1.54) is 25.1 Å². The molecule has 2 aromatic rings. The molecule has 13 N–H and O–H groups in total. The van der Waals surface area contributed by atoms with Crippen molar-refractivity contribution in [3.05, 3.63) is 69.8 Å². The van der Waals surface area contributed by atoms with Crippen LogP contribution >= 0.6 is 0 Å². The highest BCUT2D eigenvalue weighted by Crippen LogP contribution is 2.55. The number of primary amides is 1. The van der Waals surface area contributed by atoms with Crippen LogP contribution in [0.4, 0.5) is 11.4 Å². The number of anilines is 1. The van der Waals surface area contributed by atoms with Gasteiger partial charge < -0.3 is 54.3 Å². The summed E-state index contributed by atoms with van der Waals surface area (Å²) in [6.45, 7) is 5.61. The summed E-state index contributed by atoms with van der Waals surface area (Å²) in [5, 5.41) is 28.9. The standard InChI is InChI=1S/C44H66N12O9/c1-29(57)51-33(13-6-9-21-45)40(60)49-24-25-54(28-39(59)52-35(15-8-11-23-47)42(62)53-34(14-7-10-22-46)41(61)50-27-38(48)58)55-36-16-5-4-12-32(36)43(2,3)44(55)20-19-30-26-31(56(63)64)17-18-37(30)65-44/h4-5,12,16-20,26,33-35H,6-11,13-15,21-25,27-28,45-47H2,1-3H3,(H2,48,58)(H,49,60)(H,50,61)(H,51,57)(H,52,59)(H,53,62)/t33-,34-,35-,44?/m0/s1. The summed E-state index contributed by atoms with van der Waals surface area (Å²) in [4.78, 5) is 89.9. The first-order valence-corrected chi connectivity index (χ1v) is 22.1. The molecule has 0 bridgehead atoms. The molecule has 4 rings (SSSR count). The van der Waals surface area contributed by atoms with Gasteiger partial charge in [0.1, 0.15) is 23.9 Å². The molecule has 0 saturated heterocycles. The number of fused-ring (bicyclic) bond motifs is 2. The zero-order valence-electron chi connectivity index (χ0n) is 37.6. The number of benzene rings is 2. The summed E-state index contributed by atoms with van der Waals surface area (Å²) >= 11 is 0. The minimum atomic E-state index is -1.38. The lowest BCUT2D eigenvalue weighted by Gasteiger charge is -2.50. The second-order valence-electron chi connectivity index (χ2n) is 16.7. The van der Waals surface area contributed by atoms with Crippen LogP contribution in [0.15, 0.2) is 48.5 Å². The van der Waals surface area contributed by atoms with Gasteiger partial charge in [0.05, 0.1) is 29.1 Å². The molecule has 4 atom stereocenters. The van der Waals surface area contributed by atoms with E-state index in [0.29, 0.717) is 81.6 Å². The predicted octanol–water partition coefficient (Wildman–Crippen LogP) is 0.290. The van der Waals surface area contributed by atoms with Crippen LogP contribution in [-0.2, 0) is 34.2 Å². The van der Waals surface area contributed by atoms with E-state index in [-0.39, 0.29) is 44.1 Å². The van der Waals surface area contributed by atoms with Crippen LogP contribution < -0.4 is 59.3 Å². The molecule has 0 fully saturated rings. The molecule has 2 heterocycles. The van der Waals surface area contributed by atoms with E-state index < -0.39 is 70.3 Å². The first-order chi connectivity index (χ1) is 31.0. The number of nitrogens with zero attached hydrogens (tertiary/aromatic N) is 3. The van der Waals surface area contributed by atoms with Crippen molar-refractivity contribution in [1.29, 1.82) is 0 Å². The lowest BCUT2D eigenvalue weighted by Crippen LogP contribution is -2.66. The second kappa shape index (κ2) is 24.2. The Balaban J connectivity index is 1.72. The number of ether oxygens (including phenoxy) is 1. The lowest BCUT2D eigenvalue weighted by atomic mass is 9.76. The molecule has 356 valence electrons. The van der Waals surface area contributed by atoms with Gasteiger partial charge in [0.15, 0.2) is 0 Å². The molecule has 0 saturated carbocycles. The molecule has 21 nitrogen and oxygen atoms in total. The monoisotopic (exact) mass is 907 g/mol. The minimum Gasteiger partial charge on any atom is -0.461 e. The zero-order chi connectivity index (χ0) is 47.7. The Morgan fingerprint density at radius 1 is 0.800 bits per heavy atom. The Morgan fingerprint density at radius 3 is 1.97 bits per heavy atom. The third kappa shape index (κ3) is 13.4. The quantitative estimate of drug-likeness (QED) is 0.0331. The number of non-ortho nitro benzene ring substituents is 1. The number of rotatable bonds is 27. The van der Waals surface area contributed by atoms with Crippen LogP contribution in [0, 0.1) is 10.1 Å². The maximum atomic E-state index is 14.5. The van der Waals surface area contributed by atoms with Crippen LogP contribution in [0.2, 0.25) is 0 Å². The van der Waals surface area contributed by atoms with Crippen molar-refractivity contribution in [3.8, 4) is 5.75 Å². The van der Waals surface area contributed by atoms with Gasteiger partial charge in [0, 0.05) is 37.7 Å². The number of nitrogens with one attached hydrogen (secondary N) is 5. The number of carbonyl (C=O) groups excluding carboxylic acids is 6. The summed E-state index contributed by atoms with van der Waals surface area (Å²) in [6.07, 6.45) is 7.62. The second-order valence-corrected chi connectivity index (χ2v) is 16.7. The van der Waals surface area contributed by atoms with Gasteiger partial charge in [-0.05, 0) is 121 Å². The fourth-order valence-corrected chi connectivity index (χ4v) is 8.10. The van der Waals surface area contributed by atoms with E-state index >= 15 is 0 Å². The Kier molecular flexibility index (Phi) is 19.2. The topological polar surface area (TPSA) is 326 Å². The number of carbonyl (C=O) groups is 6. The van der Waals surface area contributed by atoms with Crippen molar-refractivity contribution in [1.82, 2.24) is 31.6 Å².